The fourth-order valence-electron chi connectivity index (χ4n) is 2.35. The maximum Gasteiger partial charge on any atom is 0.116 e. The second-order valence-electron chi connectivity index (χ2n) is 4.94. The van der Waals surface area contributed by atoms with Gasteiger partial charge in [0.2, 0.25) is 0 Å². The number of rotatable bonds is 2. The van der Waals surface area contributed by atoms with Gasteiger partial charge in [-0.1, -0.05) is 35.9 Å². The summed E-state index contributed by atoms with van der Waals surface area (Å²) < 4.78 is 0. The van der Waals surface area contributed by atoms with E-state index >= 15 is 0 Å². The van der Waals surface area contributed by atoms with Gasteiger partial charge in [0, 0.05) is 11.8 Å². The molecule has 0 radical (unpaired) electrons. The summed E-state index contributed by atoms with van der Waals surface area (Å²) in [7, 11) is 0. The highest BCUT2D eigenvalue weighted by Gasteiger charge is 2.06. The van der Waals surface area contributed by atoms with Gasteiger partial charge < -0.3 is 0 Å². The van der Waals surface area contributed by atoms with E-state index in [0.29, 0.717) is 0 Å². The van der Waals surface area contributed by atoms with Crippen LogP contribution in [0.3, 0.4) is 0 Å². The molecule has 0 N–H and O–H groups in total. The molecule has 0 spiro atoms. The minimum atomic E-state index is 0.856. The Hall–Kier alpha value is -2.22. The quantitative estimate of drug-likeness (QED) is 0.688. The van der Waals surface area contributed by atoms with E-state index in [2.05, 4.69) is 66.3 Å². The van der Waals surface area contributed by atoms with Crippen LogP contribution in [-0.2, 0) is 6.42 Å². The van der Waals surface area contributed by atoms with Crippen molar-refractivity contribution in [1.82, 2.24) is 9.97 Å². The van der Waals surface area contributed by atoms with Crippen LogP contribution in [0, 0.1) is 13.8 Å². The van der Waals surface area contributed by atoms with Crippen LogP contribution in [0.4, 0.5) is 0 Å². The van der Waals surface area contributed by atoms with Crippen molar-refractivity contribution in [3.05, 3.63) is 71.2 Å². The van der Waals surface area contributed by atoms with E-state index in [1.165, 1.54) is 16.7 Å². The van der Waals surface area contributed by atoms with Crippen LogP contribution in [0.15, 0.2) is 48.8 Å². The summed E-state index contributed by atoms with van der Waals surface area (Å²) in [4.78, 5) is 8.81. The molecule has 3 aromatic rings. The van der Waals surface area contributed by atoms with E-state index in [1.54, 1.807) is 6.33 Å². The Balaban J connectivity index is 2.10. The number of aromatic nitrogens is 2. The molecular weight excluding hydrogens is 232 g/mol. The summed E-state index contributed by atoms with van der Waals surface area (Å²) in [6.07, 6.45) is 2.51. The number of nitrogens with zero attached hydrogens (tertiary/aromatic N) is 2. The van der Waals surface area contributed by atoms with Gasteiger partial charge in [-0.05, 0) is 37.1 Å². The molecule has 2 nitrogen and oxygen atoms in total. The average molecular weight is 248 g/mol. The SMILES string of the molecule is Cc1ccc2ncnc(Cc3ccccc3C)c2c1. The van der Waals surface area contributed by atoms with Crippen molar-refractivity contribution in [2.75, 3.05) is 0 Å². The van der Waals surface area contributed by atoms with Gasteiger partial charge in [0.05, 0.1) is 11.2 Å². The van der Waals surface area contributed by atoms with Crippen LogP contribution in [0.5, 0.6) is 0 Å². The normalized spacial score (nSPS) is 10.8. The van der Waals surface area contributed by atoms with Gasteiger partial charge in [0.25, 0.3) is 0 Å². The first kappa shape index (κ1) is 11.8. The lowest BCUT2D eigenvalue weighted by molar-refractivity contribution is 1.05. The van der Waals surface area contributed by atoms with Gasteiger partial charge in [-0.25, -0.2) is 9.97 Å². The predicted octanol–water partition coefficient (Wildman–Crippen LogP) is 3.84. The summed E-state index contributed by atoms with van der Waals surface area (Å²) in [5.41, 5.74) is 5.99. The van der Waals surface area contributed by atoms with Crippen molar-refractivity contribution in [3.8, 4) is 0 Å². The van der Waals surface area contributed by atoms with Crippen LogP contribution in [0.25, 0.3) is 10.9 Å². The predicted molar refractivity (Wildman–Crippen MR) is 78.3 cm³/mol. The highest BCUT2D eigenvalue weighted by atomic mass is 14.8. The molecule has 1 aromatic heterocycles. The van der Waals surface area contributed by atoms with Crippen molar-refractivity contribution in [2.45, 2.75) is 20.3 Å². The standard InChI is InChI=1S/C17H16N2/c1-12-7-8-16-15(9-12)17(19-11-18-16)10-14-6-4-3-5-13(14)2/h3-9,11H,10H2,1-2H3. The smallest absolute Gasteiger partial charge is 0.116 e. The molecule has 2 heteroatoms. The van der Waals surface area contributed by atoms with Crippen molar-refractivity contribution >= 4 is 10.9 Å². The molecule has 19 heavy (non-hydrogen) atoms. The molecule has 0 saturated carbocycles. The Morgan fingerprint density at radius 2 is 1.79 bits per heavy atom. The number of fused-ring (bicyclic) bond motifs is 1. The molecule has 0 aliphatic rings. The van der Waals surface area contributed by atoms with Crippen LogP contribution in [-0.4, -0.2) is 9.97 Å². The van der Waals surface area contributed by atoms with Gasteiger partial charge in [0.1, 0.15) is 6.33 Å². The Bertz CT molecular complexity index is 732. The molecule has 0 bridgehead atoms. The van der Waals surface area contributed by atoms with Gasteiger partial charge in [0.15, 0.2) is 0 Å². The van der Waals surface area contributed by atoms with Crippen LogP contribution in [0.1, 0.15) is 22.4 Å². The van der Waals surface area contributed by atoms with Gasteiger partial charge in [-0.15, -0.1) is 0 Å². The third kappa shape index (κ3) is 2.34. The topological polar surface area (TPSA) is 25.8 Å². The Morgan fingerprint density at radius 3 is 2.63 bits per heavy atom. The van der Waals surface area contributed by atoms with E-state index in [9.17, 15) is 0 Å². The summed E-state index contributed by atoms with van der Waals surface area (Å²) in [5.74, 6) is 0. The second kappa shape index (κ2) is 4.81. The minimum Gasteiger partial charge on any atom is -0.240 e. The summed E-state index contributed by atoms with van der Waals surface area (Å²) in [6, 6.07) is 14.8. The minimum absolute atomic E-state index is 0.856. The zero-order valence-corrected chi connectivity index (χ0v) is 11.2. The van der Waals surface area contributed by atoms with Gasteiger partial charge >= 0.3 is 0 Å². The summed E-state index contributed by atoms with van der Waals surface area (Å²) in [5, 5.41) is 1.16. The fraction of sp³-hybridized carbons (Fsp3) is 0.176. The van der Waals surface area contributed by atoms with E-state index in [4.69, 9.17) is 0 Å². The van der Waals surface area contributed by atoms with Crippen molar-refractivity contribution in [1.29, 1.82) is 0 Å². The van der Waals surface area contributed by atoms with E-state index in [1.807, 2.05) is 0 Å². The lowest BCUT2D eigenvalue weighted by Gasteiger charge is -2.08. The lowest BCUT2D eigenvalue weighted by atomic mass is 10.0. The molecular formula is C17H16N2. The molecule has 94 valence electrons. The molecule has 0 aliphatic heterocycles. The second-order valence-corrected chi connectivity index (χ2v) is 4.94. The van der Waals surface area contributed by atoms with E-state index in [-0.39, 0.29) is 0 Å². The average Bonchev–Trinajstić information content (AvgIpc) is 2.42. The zero-order valence-electron chi connectivity index (χ0n) is 11.2. The monoisotopic (exact) mass is 248 g/mol. The molecule has 0 aliphatic carbocycles. The summed E-state index contributed by atoms with van der Waals surface area (Å²) >= 11 is 0. The van der Waals surface area contributed by atoms with Crippen LogP contribution < -0.4 is 0 Å². The fourth-order valence-corrected chi connectivity index (χ4v) is 2.35. The molecule has 0 unspecified atom stereocenters. The third-order valence-electron chi connectivity index (χ3n) is 3.49. The first-order chi connectivity index (χ1) is 9.24. The number of benzene rings is 2. The van der Waals surface area contributed by atoms with Gasteiger partial charge in [-0.3, -0.25) is 0 Å². The largest absolute Gasteiger partial charge is 0.240 e. The lowest BCUT2D eigenvalue weighted by Crippen LogP contribution is -1.97. The molecule has 3 rings (SSSR count). The van der Waals surface area contributed by atoms with Crippen molar-refractivity contribution in [3.63, 3.8) is 0 Å². The van der Waals surface area contributed by atoms with Crippen LogP contribution in [0.2, 0.25) is 0 Å². The summed E-state index contributed by atoms with van der Waals surface area (Å²) in [6.45, 7) is 4.24. The molecule has 0 atom stereocenters. The highest BCUT2D eigenvalue weighted by Crippen LogP contribution is 2.20. The first-order valence-electron chi connectivity index (χ1n) is 6.49. The Kier molecular flexibility index (Phi) is 3.00. The first-order valence-corrected chi connectivity index (χ1v) is 6.49. The highest BCUT2D eigenvalue weighted by molar-refractivity contribution is 5.81. The van der Waals surface area contributed by atoms with E-state index < -0.39 is 0 Å². The Labute approximate surface area is 113 Å². The van der Waals surface area contributed by atoms with E-state index in [0.717, 1.165) is 23.0 Å². The number of hydrogen-bond acceptors (Lipinski definition) is 2. The Morgan fingerprint density at radius 1 is 0.947 bits per heavy atom. The van der Waals surface area contributed by atoms with Crippen molar-refractivity contribution in [2.24, 2.45) is 0 Å². The zero-order chi connectivity index (χ0) is 13.2. The molecule has 1 heterocycles. The van der Waals surface area contributed by atoms with Crippen LogP contribution >= 0.6 is 0 Å². The maximum atomic E-state index is 4.47. The van der Waals surface area contributed by atoms with Gasteiger partial charge in [-0.2, -0.15) is 0 Å². The maximum absolute atomic E-state index is 4.47. The molecule has 2 aromatic carbocycles. The number of aryl methyl sites for hydroxylation is 2. The van der Waals surface area contributed by atoms with Crippen molar-refractivity contribution < 1.29 is 0 Å². The number of hydrogen-bond donors (Lipinski definition) is 0. The molecule has 0 amide bonds. The third-order valence-corrected chi connectivity index (χ3v) is 3.49. The molecule has 0 fully saturated rings. The molecule has 0 saturated heterocycles.